The summed E-state index contributed by atoms with van der Waals surface area (Å²) < 4.78 is 31.9. The number of rotatable bonds is 6. The number of hydrogen-bond donors (Lipinski definition) is 3. The van der Waals surface area contributed by atoms with Gasteiger partial charge in [-0.25, -0.2) is 29.0 Å². The molecule has 2 aromatic rings. The lowest BCUT2D eigenvalue weighted by molar-refractivity contribution is 0.409. The first-order chi connectivity index (χ1) is 10.1. The van der Waals surface area contributed by atoms with Crippen molar-refractivity contribution < 1.29 is 13.2 Å². The van der Waals surface area contributed by atoms with Crippen LogP contribution in [-0.4, -0.2) is 25.5 Å². The topological polar surface area (TPSA) is 119 Å². The molecular formula is C12H15N5O3S. The summed E-state index contributed by atoms with van der Waals surface area (Å²) in [6.45, 7) is 0.100. The van der Waals surface area contributed by atoms with Gasteiger partial charge in [-0.1, -0.05) is 18.2 Å². The van der Waals surface area contributed by atoms with Gasteiger partial charge in [0.25, 0.3) is 0 Å². The van der Waals surface area contributed by atoms with Gasteiger partial charge < -0.3 is 4.74 Å². The van der Waals surface area contributed by atoms with Crippen molar-refractivity contribution in [1.82, 2.24) is 14.7 Å². The van der Waals surface area contributed by atoms with Crippen LogP contribution in [0.15, 0.2) is 41.6 Å². The smallest absolute Gasteiger partial charge is 0.243 e. The number of ether oxygens (including phenoxy) is 1. The van der Waals surface area contributed by atoms with Crippen molar-refractivity contribution in [3.05, 3.63) is 42.2 Å². The number of methoxy groups -OCH3 is 1. The Balaban J connectivity index is 2.13. The minimum absolute atomic E-state index is 0.0450. The van der Waals surface area contributed by atoms with Gasteiger partial charge in [0.2, 0.25) is 16.0 Å². The zero-order valence-corrected chi connectivity index (χ0v) is 12.1. The lowest BCUT2D eigenvalue weighted by Gasteiger charge is -2.10. The van der Waals surface area contributed by atoms with E-state index in [1.807, 2.05) is 6.07 Å². The van der Waals surface area contributed by atoms with Gasteiger partial charge in [-0.3, -0.25) is 5.43 Å². The highest BCUT2D eigenvalue weighted by atomic mass is 32.2. The monoisotopic (exact) mass is 309 g/mol. The second kappa shape index (κ2) is 6.48. The summed E-state index contributed by atoms with van der Waals surface area (Å²) in [5, 5.41) is 0. The van der Waals surface area contributed by atoms with Crippen LogP contribution in [0.4, 0.5) is 5.95 Å². The Kier molecular flexibility index (Phi) is 4.68. The summed E-state index contributed by atoms with van der Waals surface area (Å²) in [5.41, 5.74) is 2.95. The Morgan fingerprint density at radius 1 is 1.24 bits per heavy atom. The molecule has 0 bridgehead atoms. The first kappa shape index (κ1) is 15.2. The van der Waals surface area contributed by atoms with E-state index in [2.05, 4.69) is 20.1 Å². The minimum Gasteiger partial charge on any atom is -0.496 e. The summed E-state index contributed by atoms with van der Waals surface area (Å²) in [6, 6.07) is 7.15. The van der Waals surface area contributed by atoms with E-state index in [0.717, 1.165) is 5.56 Å². The summed E-state index contributed by atoms with van der Waals surface area (Å²) in [4.78, 5) is 7.48. The molecule has 21 heavy (non-hydrogen) atoms. The van der Waals surface area contributed by atoms with Gasteiger partial charge in [0.1, 0.15) is 10.6 Å². The second-order valence-corrected chi connectivity index (χ2v) is 5.79. The Morgan fingerprint density at radius 3 is 2.52 bits per heavy atom. The summed E-state index contributed by atoms with van der Waals surface area (Å²) in [5.74, 6) is 5.87. The Bertz CT molecular complexity index is 703. The molecule has 1 aromatic heterocycles. The van der Waals surface area contributed by atoms with Crippen LogP contribution in [0.25, 0.3) is 0 Å². The van der Waals surface area contributed by atoms with E-state index in [1.165, 1.54) is 19.5 Å². The average molecular weight is 309 g/mol. The third-order valence-electron chi connectivity index (χ3n) is 2.71. The average Bonchev–Trinajstić information content (AvgIpc) is 2.53. The van der Waals surface area contributed by atoms with Gasteiger partial charge in [-0.15, -0.1) is 0 Å². The van der Waals surface area contributed by atoms with E-state index >= 15 is 0 Å². The number of benzene rings is 1. The van der Waals surface area contributed by atoms with Crippen LogP contribution in [0.2, 0.25) is 0 Å². The molecule has 0 unspecified atom stereocenters. The molecule has 0 aliphatic carbocycles. The van der Waals surface area contributed by atoms with E-state index in [4.69, 9.17) is 10.6 Å². The molecule has 0 spiro atoms. The van der Waals surface area contributed by atoms with Crippen molar-refractivity contribution >= 4 is 16.0 Å². The van der Waals surface area contributed by atoms with Crippen LogP contribution in [-0.2, 0) is 16.6 Å². The van der Waals surface area contributed by atoms with Crippen molar-refractivity contribution in [3.8, 4) is 5.75 Å². The van der Waals surface area contributed by atoms with Crippen molar-refractivity contribution in [1.29, 1.82) is 0 Å². The number of nitrogens with two attached hydrogens (primary N) is 1. The van der Waals surface area contributed by atoms with Crippen LogP contribution in [0.5, 0.6) is 5.75 Å². The third kappa shape index (κ3) is 3.66. The molecule has 0 radical (unpaired) electrons. The highest BCUT2D eigenvalue weighted by Gasteiger charge is 2.15. The number of aromatic nitrogens is 2. The highest BCUT2D eigenvalue weighted by Crippen LogP contribution is 2.17. The first-order valence-corrected chi connectivity index (χ1v) is 7.45. The summed E-state index contributed by atoms with van der Waals surface area (Å²) >= 11 is 0. The van der Waals surface area contributed by atoms with E-state index in [9.17, 15) is 8.42 Å². The molecule has 2 rings (SSSR count). The van der Waals surface area contributed by atoms with Crippen molar-refractivity contribution in [2.24, 2.45) is 5.84 Å². The van der Waals surface area contributed by atoms with Crippen molar-refractivity contribution in [3.63, 3.8) is 0 Å². The fraction of sp³-hybridized carbons (Fsp3) is 0.167. The number of hydrazine groups is 1. The van der Waals surface area contributed by atoms with E-state index in [1.54, 1.807) is 18.2 Å². The summed E-state index contributed by atoms with van der Waals surface area (Å²) in [6.07, 6.45) is 2.35. The number of nitrogens with one attached hydrogen (secondary N) is 2. The molecule has 4 N–H and O–H groups in total. The first-order valence-electron chi connectivity index (χ1n) is 5.97. The Morgan fingerprint density at radius 2 is 1.90 bits per heavy atom. The number of nitrogen functional groups attached to an aromatic ring is 1. The zero-order valence-electron chi connectivity index (χ0n) is 11.3. The van der Waals surface area contributed by atoms with Crippen LogP contribution in [0, 0.1) is 0 Å². The number of nitrogens with zero attached hydrogens (tertiary/aromatic N) is 2. The molecule has 1 aromatic carbocycles. The van der Waals surface area contributed by atoms with Gasteiger partial charge in [-0.05, 0) is 6.07 Å². The number of para-hydroxylation sites is 1. The van der Waals surface area contributed by atoms with E-state index < -0.39 is 10.0 Å². The molecule has 0 aliphatic rings. The van der Waals surface area contributed by atoms with Gasteiger partial charge in [0, 0.05) is 12.1 Å². The number of sulfonamides is 1. The Hall–Kier alpha value is -2.23. The van der Waals surface area contributed by atoms with E-state index in [0.29, 0.717) is 5.75 Å². The van der Waals surface area contributed by atoms with Crippen molar-refractivity contribution in [2.45, 2.75) is 11.4 Å². The van der Waals surface area contributed by atoms with Gasteiger partial charge in [0.05, 0.1) is 19.5 Å². The molecule has 112 valence electrons. The maximum absolute atomic E-state index is 12.1. The molecule has 8 nitrogen and oxygen atoms in total. The molecular weight excluding hydrogens is 294 g/mol. The molecule has 0 atom stereocenters. The SMILES string of the molecule is COc1ccccc1CNS(=O)(=O)c1cnc(NN)nc1. The number of anilines is 1. The van der Waals surface area contributed by atoms with Crippen LogP contribution in [0.3, 0.4) is 0 Å². The minimum atomic E-state index is -3.71. The number of hydrogen-bond acceptors (Lipinski definition) is 7. The normalized spacial score (nSPS) is 11.1. The predicted octanol–water partition coefficient (Wildman–Crippen LogP) is 0.249. The van der Waals surface area contributed by atoms with E-state index in [-0.39, 0.29) is 17.4 Å². The largest absolute Gasteiger partial charge is 0.496 e. The van der Waals surface area contributed by atoms with Gasteiger partial charge >= 0.3 is 0 Å². The molecule has 0 saturated heterocycles. The second-order valence-electron chi connectivity index (χ2n) is 4.02. The molecule has 1 heterocycles. The maximum Gasteiger partial charge on any atom is 0.243 e. The fourth-order valence-electron chi connectivity index (χ4n) is 1.63. The molecule has 0 amide bonds. The lowest BCUT2D eigenvalue weighted by atomic mass is 10.2. The van der Waals surface area contributed by atoms with Crippen LogP contribution >= 0.6 is 0 Å². The standard InChI is InChI=1S/C12H15N5O3S/c1-20-11-5-3-2-4-9(11)6-16-21(18,19)10-7-14-12(17-13)15-8-10/h2-5,7-8,16H,6,13H2,1H3,(H,14,15,17). The summed E-state index contributed by atoms with van der Waals surface area (Å²) in [7, 11) is -2.18. The van der Waals surface area contributed by atoms with Crippen LogP contribution in [0.1, 0.15) is 5.56 Å². The fourth-order valence-corrected chi connectivity index (χ4v) is 2.53. The van der Waals surface area contributed by atoms with Gasteiger partial charge in [-0.2, -0.15) is 0 Å². The maximum atomic E-state index is 12.1. The third-order valence-corrected chi connectivity index (χ3v) is 4.07. The van der Waals surface area contributed by atoms with Crippen LogP contribution < -0.4 is 20.7 Å². The predicted molar refractivity (Wildman–Crippen MR) is 76.9 cm³/mol. The lowest BCUT2D eigenvalue weighted by Crippen LogP contribution is -2.24. The van der Waals surface area contributed by atoms with Gasteiger partial charge in [0.15, 0.2) is 0 Å². The van der Waals surface area contributed by atoms with Crippen molar-refractivity contribution in [2.75, 3.05) is 12.5 Å². The molecule has 0 saturated carbocycles. The zero-order chi connectivity index (χ0) is 15.3. The highest BCUT2D eigenvalue weighted by molar-refractivity contribution is 7.89. The molecule has 0 aliphatic heterocycles. The molecule has 9 heteroatoms. The Labute approximate surface area is 122 Å². The quantitative estimate of drug-likeness (QED) is 0.517. The molecule has 0 fully saturated rings.